The van der Waals surface area contributed by atoms with Gasteiger partial charge in [0.15, 0.2) is 17.3 Å². The highest BCUT2D eigenvalue weighted by Crippen LogP contribution is 2.30. The van der Waals surface area contributed by atoms with Crippen LogP contribution in [0.15, 0.2) is 43.0 Å². The van der Waals surface area contributed by atoms with Crippen LogP contribution in [0, 0.1) is 5.82 Å². The van der Waals surface area contributed by atoms with Crippen molar-refractivity contribution >= 4 is 11.7 Å². The standard InChI is InChI=1S/C19H19F4N7O/c1-2-4-13(29-17-14(20)9-12(10-25-17)19(21,22)23)11-26-18(31)16-15(5-3-6-24-16)30-27-7-8-28-30/h3,5-10,13H,2,4,11H2,1H3,(H,25,29)(H,26,31). The van der Waals surface area contributed by atoms with E-state index in [-0.39, 0.29) is 18.1 Å². The molecule has 3 aromatic heterocycles. The van der Waals surface area contributed by atoms with Crippen molar-refractivity contribution in [3.8, 4) is 5.69 Å². The van der Waals surface area contributed by atoms with Crippen LogP contribution in [0.25, 0.3) is 5.69 Å². The van der Waals surface area contributed by atoms with E-state index in [2.05, 4.69) is 30.8 Å². The molecule has 0 aromatic carbocycles. The van der Waals surface area contributed by atoms with Gasteiger partial charge in [0.1, 0.15) is 5.69 Å². The molecule has 3 heterocycles. The average molecular weight is 437 g/mol. The van der Waals surface area contributed by atoms with Crippen LogP contribution in [0.3, 0.4) is 0 Å². The highest BCUT2D eigenvalue weighted by molar-refractivity contribution is 5.95. The molecule has 0 spiro atoms. The van der Waals surface area contributed by atoms with Crippen molar-refractivity contribution in [3.63, 3.8) is 0 Å². The number of carbonyl (C=O) groups excluding carboxylic acids is 1. The van der Waals surface area contributed by atoms with Crippen LogP contribution < -0.4 is 10.6 Å². The third-order valence-corrected chi connectivity index (χ3v) is 4.29. The van der Waals surface area contributed by atoms with Gasteiger partial charge in [-0.15, -0.1) is 4.80 Å². The summed E-state index contributed by atoms with van der Waals surface area (Å²) in [5.41, 5.74) is -0.709. The normalized spacial score (nSPS) is 12.4. The number of nitrogens with one attached hydrogen (secondary N) is 2. The molecule has 8 nitrogen and oxygen atoms in total. The number of carbonyl (C=O) groups is 1. The van der Waals surface area contributed by atoms with Gasteiger partial charge in [-0.1, -0.05) is 13.3 Å². The molecule has 0 saturated heterocycles. The SMILES string of the molecule is CCCC(CNC(=O)c1ncccc1-n1nccn1)Nc1ncc(C(F)(F)F)cc1F. The first-order valence-corrected chi connectivity index (χ1v) is 9.38. The molecule has 0 aliphatic heterocycles. The zero-order valence-corrected chi connectivity index (χ0v) is 16.4. The molecule has 0 fully saturated rings. The summed E-state index contributed by atoms with van der Waals surface area (Å²) in [4.78, 5) is 21.5. The zero-order chi connectivity index (χ0) is 22.4. The fraction of sp³-hybridized carbons (Fsp3) is 0.316. The van der Waals surface area contributed by atoms with Gasteiger partial charge in [-0.25, -0.2) is 14.4 Å². The van der Waals surface area contributed by atoms with Crippen LogP contribution in [-0.2, 0) is 6.18 Å². The Hall–Kier alpha value is -3.57. The minimum absolute atomic E-state index is 0.0668. The Balaban J connectivity index is 1.70. The molecule has 0 saturated carbocycles. The summed E-state index contributed by atoms with van der Waals surface area (Å²) in [6.07, 6.45) is 1.44. The number of nitrogens with zero attached hydrogens (tertiary/aromatic N) is 5. The van der Waals surface area contributed by atoms with E-state index in [4.69, 9.17) is 0 Å². The number of rotatable bonds is 8. The Morgan fingerprint density at radius 1 is 1.19 bits per heavy atom. The summed E-state index contributed by atoms with van der Waals surface area (Å²) >= 11 is 0. The van der Waals surface area contributed by atoms with Crippen LogP contribution in [0.5, 0.6) is 0 Å². The van der Waals surface area contributed by atoms with Crippen molar-refractivity contribution in [2.45, 2.75) is 32.0 Å². The first-order valence-electron chi connectivity index (χ1n) is 9.38. The number of amides is 1. The van der Waals surface area contributed by atoms with Gasteiger partial charge in [-0.05, 0) is 24.6 Å². The molecule has 164 valence electrons. The smallest absolute Gasteiger partial charge is 0.363 e. The molecule has 2 N–H and O–H groups in total. The molecule has 0 aliphatic rings. The van der Waals surface area contributed by atoms with E-state index in [1.165, 1.54) is 23.4 Å². The Bertz CT molecular complexity index is 1020. The highest BCUT2D eigenvalue weighted by atomic mass is 19.4. The van der Waals surface area contributed by atoms with Crippen molar-refractivity contribution in [2.24, 2.45) is 0 Å². The van der Waals surface area contributed by atoms with Crippen molar-refractivity contribution in [1.82, 2.24) is 30.3 Å². The van der Waals surface area contributed by atoms with Gasteiger partial charge < -0.3 is 10.6 Å². The molecule has 3 aromatic rings. The fourth-order valence-corrected chi connectivity index (χ4v) is 2.84. The number of halogens is 4. The van der Waals surface area contributed by atoms with E-state index in [9.17, 15) is 22.4 Å². The van der Waals surface area contributed by atoms with Gasteiger partial charge in [0, 0.05) is 25.0 Å². The summed E-state index contributed by atoms with van der Waals surface area (Å²) in [7, 11) is 0. The first kappa shape index (κ1) is 22.1. The third kappa shape index (κ3) is 5.53. The molecule has 1 unspecified atom stereocenters. The molecule has 0 aliphatic carbocycles. The zero-order valence-electron chi connectivity index (χ0n) is 16.4. The van der Waals surface area contributed by atoms with E-state index in [0.29, 0.717) is 30.8 Å². The number of aromatic nitrogens is 5. The summed E-state index contributed by atoms with van der Waals surface area (Å²) < 4.78 is 52.2. The average Bonchev–Trinajstić information content (AvgIpc) is 3.27. The lowest BCUT2D eigenvalue weighted by Crippen LogP contribution is -2.37. The van der Waals surface area contributed by atoms with Gasteiger partial charge in [0.05, 0.1) is 18.0 Å². The van der Waals surface area contributed by atoms with Crippen molar-refractivity contribution < 1.29 is 22.4 Å². The van der Waals surface area contributed by atoms with Crippen LogP contribution in [0.4, 0.5) is 23.4 Å². The minimum atomic E-state index is -4.69. The summed E-state index contributed by atoms with van der Waals surface area (Å²) in [5.74, 6) is -1.95. The monoisotopic (exact) mass is 437 g/mol. The lowest BCUT2D eigenvalue weighted by atomic mass is 10.1. The van der Waals surface area contributed by atoms with Crippen LogP contribution in [-0.4, -0.2) is 43.5 Å². The molecule has 0 bridgehead atoms. The lowest BCUT2D eigenvalue weighted by molar-refractivity contribution is -0.138. The van der Waals surface area contributed by atoms with E-state index in [1.54, 1.807) is 12.1 Å². The van der Waals surface area contributed by atoms with Gasteiger partial charge in [0.2, 0.25) is 0 Å². The molecule has 1 atom stereocenters. The number of hydrogen-bond donors (Lipinski definition) is 2. The van der Waals surface area contributed by atoms with Crippen molar-refractivity contribution in [2.75, 3.05) is 11.9 Å². The van der Waals surface area contributed by atoms with Crippen molar-refractivity contribution in [3.05, 3.63) is 60.1 Å². The Labute approximate surface area is 174 Å². The van der Waals surface area contributed by atoms with Gasteiger partial charge in [-0.2, -0.15) is 23.4 Å². The lowest BCUT2D eigenvalue weighted by Gasteiger charge is -2.20. The summed E-state index contributed by atoms with van der Waals surface area (Å²) in [6.45, 7) is 1.95. The molecule has 3 rings (SSSR count). The maximum atomic E-state index is 14.1. The van der Waals surface area contributed by atoms with E-state index < -0.39 is 29.5 Å². The summed E-state index contributed by atoms with van der Waals surface area (Å²) in [6, 6.07) is 3.18. The maximum Gasteiger partial charge on any atom is 0.417 e. The molecular weight excluding hydrogens is 418 g/mol. The largest absolute Gasteiger partial charge is 0.417 e. The summed E-state index contributed by atoms with van der Waals surface area (Å²) in [5, 5.41) is 13.4. The van der Waals surface area contributed by atoms with E-state index in [0.717, 1.165) is 0 Å². The molecule has 1 amide bonds. The molecule has 0 radical (unpaired) electrons. The number of alkyl halides is 3. The number of hydrogen-bond acceptors (Lipinski definition) is 6. The van der Waals surface area contributed by atoms with E-state index in [1.807, 2.05) is 6.92 Å². The minimum Gasteiger partial charge on any atom is -0.363 e. The van der Waals surface area contributed by atoms with E-state index >= 15 is 0 Å². The maximum absolute atomic E-state index is 14.1. The van der Waals surface area contributed by atoms with Crippen LogP contribution in [0.2, 0.25) is 0 Å². The Kier molecular flexibility index (Phi) is 6.78. The predicted octanol–water partition coefficient (Wildman–Crippen LogP) is 3.23. The predicted molar refractivity (Wildman–Crippen MR) is 103 cm³/mol. The van der Waals surface area contributed by atoms with Crippen LogP contribution >= 0.6 is 0 Å². The fourth-order valence-electron chi connectivity index (χ4n) is 2.84. The topological polar surface area (TPSA) is 97.6 Å². The number of pyridine rings is 2. The number of anilines is 1. The first-order chi connectivity index (χ1) is 14.8. The second-order valence-corrected chi connectivity index (χ2v) is 6.58. The Morgan fingerprint density at radius 3 is 2.58 bits per heavy atom. The second kappa shape index (κ2) is 9.49. The Morgan fingerprint density at radius 2 is 1.94 bits per heavy atom. The highest BCUT2D eigenvalue weighted by Gasteiger charge is 2.32. The van der Waals surface area contributed by atoms with Gasteiger partial charge in [0.25, 0.3) is 5.91 Å². The van der Waals surface area contributed by atoms with Gasteiger partial charge >= 0.3 is 6.18 Å². The van der Waals surface area contributed by atoms with Crippen LogP contribution in [0.1, 0.15) is 35.8 Å². The second-order valence-electron chi connectivity index (χ2n) is 6.58. The third-order valence-electron chi connectivity index (χ3n) is 4.29. The molecular formula is C19H19F4N7O. The molecule has 12 heteroatoms. The molecule has 31 heavy (non-hydrogen) atoms. The van der Waals surface area contributed by atoms with Crippen molar-refractivity contribution in [1.29, 1.82) is 0 Å². The quantitative estimate of drug-likeness (QED) is 0.525. The van der Waals surface area contributed by atoms with Gasteiger partial charge in [-0.3, -0.25) is 4.79 Å².